The van der Waals surface area contributed by atoms with Crippen LogP contribution in [0.25, 0.3) is 0 Å². The molecule has 0 spiro atoms. The molecule has 1 amide bonds. The van der Waals surface area contributed by atoms with Gasteiger partial charge in [-0.2, -0.15) is 13.2 Å². The monoisotopic (exact) mass is 536 g/mol. The van der Waals surface area contributed by atoms with Gasteiger partial charge in [-0.05, 0) is 66.9 Å². The summed E-state index contributed by atoms with van der Waals surface area (Å²) in [6.45, 7) is 3.15. The second-order valence-electron chi connectivity index (χ2n) is 8.75. The zero-order chi connectivity index (χ0) is 27.0. The molecule has 1 aliphatic rings. The number of hydrogen-bond acceptors (Lipinski definition) is 4. The Morgan fingerprint density at radius 2 is 1.84 bits per heavy atom. The first kappa shape index (κ1) is 26.5. The van der Waals surface area contributed by atoms with Crippen molar-refractivity contribution in [2.75, 3.05) is 4.72 Å². The molecule has 0 radical (unpaired) electrons. The molecule has 1 N–H and O–H groups in total. The van der Waals surface area contributed by atoms with E-state index < -0.39 is 39.6 Å². The molecule has 11 heteroatoms. The van der Waals surface area contributed by atoms with E-state index in [9.17, 15) is 30.8 Å². The van der Waals surface area contributed by atoms with Crippen LogP contribution in [0.1, 0.15) is 35.6 Å². The Morgan fingerprint density at radius 3 is 2.51 bits per heavy atom. The predicted octanol–water partition coefficient (Wildman–Crippen LogP) is 5.65. The summed E-state index contributed by atoms with van der Waals surface area (Å²) in [7, 11) is -4.11. The van der Waals surface area contributed by atoms with Gasteiger partial charge in [0, 0.05) is 24.3 Å². The van der Waals surface area contributed by atoms with E-state index in [1.807, 2.05) is 0 Å². The molecule has 3 aromatic rings. The van der Waals surface area contributed by atoms with Crippen molar-refractivity contribution in [1.29, 1.82) is 0 Å². The summed E-state index contributed by atoms with van der Waals surface area (Å²) in [5, 5.41) is 0. The first-order valence-electron chi connectivity index (χ1n) is 11.4. The van der Waals surface area contributed by atoms with Crippen LogP contribution in [0.2, 0.25) is 0 Å². The van der Waals surface area contributed by atoms with E-state index in [1.54, 1.807) is 6.92 Å². The number of fused-ring (bicyclic) bond motifs is 1. The Kier molecular flexibility index (Phi) is 7.18. The SMILES string of the molecule is CC[C@@H]1Oc2ccc(NS(=O)(=O)c3ccc(C)c(F)c3)cc2CN(Cc2cccc(C(F)(F)F)c2)C1=O. The minimum atomic E-state index is -4.52. The normalized spacial score (nSPS) is 16.1. The van der Waals surface area contributed by atoms with Gasteiger partial charge in [-0.15, -0.1) is 0 Å². The molecule has 6 nitrogen and oxygen atoms in total. The summed E-state index contributed by atoms with van der Waals surface area (Å²) in [6, 6.07) is 12.8. The molecule has 37 heavy (non-hydrogen) atoms. The van der Waals surface area contributed by atoms with Crippen molar-refractivity contribution in [2.45, 2.75) is 50.5 Å². The van der Waals surface area contributed by atoms with Crippen LogP contribution in [0.5, 0.6) is 5.75 Å². The summed E-state index contributed by atoms with van der Waals surface area (Å²) in [5.74, 6) is -0.697. The highest BCUT2D eigenvalue weighted by molar-refractivity contribution is 7.92. The standard InChI is InChI=1S/C26H24F4N2O4S/c1-3-23-25(33)32(14-17-5-4-6-19(11-17)26(28,29)30)15-18-12-20(8-10-24(18)36-23)31-37(34,35)21-9-7-16(2)22(27)13-21/h4-13,23,31H,3,14-15H2,1-2H3/t23-/m0/s1. The van der Waals surface area contributed by atoms with E-state index >= 15 is 0 Å². The Bertz CT molecular complexity index is 1440. The zero-order valence-electron chi connectivity index (χ0n) is 20.0. The molecular weight excluding hydrogens is 512 g/mol. The number of alkyl halides is 3. The summed E-state index contributed by atoms with van der Waals surface area (Å²) in [6.07, 6.45) is -5.05. The number of amides is 1. The van der Waals surface area contributed by atoms with E-state index in [-0.39, 0.29) is 23.7 Å². The number of aryl methyl sites for hydroxylation is 1. The van der Waals surface area contributed by atoms with Crippen LogP contribution in [-0.2, 0) is 34.1 Å². The molecule has 1 aliphatic heterocycles. The van der Waals surface area contributed by atoms with Gasteiger partial charge in [0.1, 0.15) is 11.6 Å². The average molecular weight is 537 g/mol. The van der Waals surface area contributed by atoms with Gasteiger partial charge in [-0.1, -0.05) is 25.1 Å². The third kappa shape index (κ3) is 5.87. The topological polar surface area (TPSA) is 75.7 Å². The van der Waals surface area contributed by atoms with Crippen molar-refractivity contribution in [2.24, 2.45) is 0 Å². The maximum absolute atomic E-state index is 13.9. The largest absolute Gasteiger partial charge is 0.480 e. The Labute approximate surface area is 211 Å². The lowest BCUT2D eigenvalue weighted by atomic mass is 10.1. The van der Waals surface area contributed by atoms with Crippen LogP contribution in [0, 0.1) is 12.7 Å². The van der Waals surface area contributed by atoms with Gasteiger partial charge >= 0.3 is 6.18 Å². The second kappa shape index (κ2) is 10.0. The smallest absolute Gasteiger partial charge is 0.416 e. The van der Waals surface area contributed by atoms with E-state index in [0.717, 1.165) is 18.2 Å². The molecule has 0 saturated carbocycles. The fourth-order valence-corrected chi connectivity index (χ4v) is 5.05. The number of ether oxygens (including phenoxy) is 1. The lowest BCUT2D eigenvalue weighted by Gasteiger charge is -2.23. The van der Waals surface area contributed by atoms with Crippen molar-refractivity contribution in [3.63, 3.8) is 0 Å². The number of rotatable bonds is 6. The van der Waals surface area contributed by atoms with E-state index in [1.165, 1.54) is 54.3 Å². The molecule has 4 rings (SSSR count). The van der Waals surface area contributed by atoms with Crippen LogP contribution in [0.3, 0.4) is 0 Å². The third-order valence-electron chi connectivity index (χ3n) is 5.98. The zero-order valence-corrected chi connectivity index (χ0v) is 20.8. The lowest BCUT2D eigenvalue weighted by molar-refractivity contribution is -0.139. The van der Waals surface area contributed by atoms with Gasteiger partial charge in [-0.3, -0.25) is 9.52 Å². The maximum Gasteiger partial charge on any atom is 0.416 e. The number of halogens is 4. The van der Waals surface area contributed by atoms with Gasteiger partial charge in [0.25, 0.3) is 15.9 Å². The summed E-state index contributed by atoms with van der Waals surface area (Å²) in [4.78, 5) is 14.2. The molecule has 0 saturated heterocycles. The van der Waals surface area contributed by atoms with Crippen molar-refractivity contribution < 1.29 is 35.5 Å². The van der Waals surface area contributed by atoms with Crippen molar-refractivity contribution in [3.8, 4) is 5.75 Å². The molecular formula is C26H24F4N2O4S. The first-order chi connectivity index (χ1) is 17.4. The van der Waals surface area contributed by atoms with Gasteiger partial charge in [0.2, 0.25) is 0 Å². The highest BCUT2D eigenvalue weighted by Crippen LogP contribution is 2.33. The summed E-state index contributed by atoms with van der Waals surface area (Å²) < 4.78 is 87.3. The lowest BCUT2D eigenvalue weighted by Crippen LogP contribution is -2.38. The molecule has 1 heterocycles. The van der Waals surface area contributed by atoms with Gasteiger partial charge in [-0.25, -0.2) is 12.8 Å². The van der Waals surface area contributed by atoms with E-state index in [0.29, 0.717) is 28.9 Å². The van der Waals surface area contributed by atoms with Crippen molar-refractivity contribution in [3.05, 3.63) is 88.7 Å². The molecule has 196 valence electrons. The Balaban J connectivity index is 1.63. The van der Waals surface area contributed by atoms with Crippen LogP contribution in [-0.4, -0.2) is 25.3 Å². The highest BCUT2D eigenvalue weighted by atomic mass is 32.2. The minimum absolute atomic E-state index is 0.0182. The first-order valence-corrected chi connectivity index (χ1v) is 12.9. The van der Waals surface area contributed by atoms with Gasteiger partial charge < -0.3 is 9.64 Å². The summed E-state index contributed by atoms with van der Waals surface area (Å²) >= 11 is 0. The molecule has 0 bridgehead atoms. The van der Waals surface area contributed by atoms with Crippen LogP contribution >= 0.6 is 0 Å². The highest BCUT2D eigenvalue weighted by Gasteiger charge is 2.32. The molecule has 0 fully saturated rings. The number of hydrogen-bond donors (Lipinski definition) is 1. The van der Waals surface area contributed by atoms with E-state index in [2.05, 4.69) is 4.72 Å². The second-order valence-corrected chi connectivity index (χ2v) is 10.4. The Hall–Kier alpha value is -3.60. The number of nitrogens with zero attached hydrogens (tertiary/aromatic N) is 1. The quantitative estimate of drug-likeness (QED) is 0.413. The number of nitrogens with one attached hydrogen (secondary N) is 1. The maximum atomic E-state index is 13.9. The van der Waals surface area contributed by atoms with Crippen LogP contribution in [0.15, 0.2) is 65.6 Å². The number of benzene rings is 3. The number of carbonyl (C=O) groups excluding carboxylic acids is 1. The molecule has 0 aromatic heterocycles. The minimum Gasteiger partial charge on any atom is -0.480 e. The predicted molar refractivity (Wildman–Crippen MR) is 129 cm³/mol. The fraction of sp³-hybridized carbons (Fsp3) is 0.269. The number of sulfonamides is 1. The molecule has 0 aliphatic carbocycles. The fourth-order valence-electron chi connectivity index (χ4n) is 3.99. The van der Waals surface area contributed by atoms with Gasteiger partial charge in [0.05, 0.1) is 10.5 Å². The van der Waals surface area contributed by atoms with E-state index in [4.69, 9.17) is 4.74 Å². The molecule has 0 unspecified atom stereocenters. The van der Waals surface area contributed by atoms with Crippen molar-refractivity contribution >= 4 is 21.6 Å². The number of carbonyl (C=O) groups is 1. The van der Waals surface area contributed by atoms with Crippen molar-refractivity contribution in [1.82, 2.24) is 4.90 Å². The van der Waals surface area contributed by atoms with Crippen LogP contribution < -0.4 is 9.46 Å². The third-order valence-corrected chi connectivity index (χ3v) is 7.36. The molecule has 1 atom stereocenters. The molecule has 3 aromatic carbocycles. The van der Waals surface area contributed by atoms with Gasteiger partial charge in [0.15, 0.2) is 6.10 Å². The average Bonchev–Trinajstić information content (AvgIpc) is 2.96. The Morgan fingerprint density at radius 1 is 1.08 bits per heavy atom. The van der Waals surface area contributed by atoms with Crippen LogP contribution in [0.4, 0.5) is 23.2 Å². The number of anilines is 1. The summed E-state index contributed by atoms with van der Waals surface area (Å²) in [5.41, 5.74) is 0.397.